The Bertz CT molecular complexity index is 1030. The molecule has 170 valence electrons. The van der Waals surface area contributed by atoms with Crippen molar-refractivity contribution >= 4 is 17.4 Å². The molecule has 0 unspecified atom stereocenters. The number of benzene rings is 1. The third-order valence-corrected chi connectivity index (χ3v) is 6.31. The summed E-state index contributed by atoms with van der Waals surface area (Å²) in [6, 6.07) is 10.6. The van der Waals surface area contributed by atoms with Crippen LogP contribution < -0.4 is 10.2 Å². The fourth-order valence-corrected chi connectivity index (χ4v) is 4.40. The SMILES string of the molecule is Cc1nc2ncnn2c(C)c1CCC(=O)NCCCCN1CCN(c2ccccc2)CC1. The second-order valence-electron chi connectivity index (χ2n) is 8.45. The molecule has 1 aliphatic rings. The zero-order valence-electron chi connectivity index (χ0n) is 19.1. The maximum Gasteiger partial charge on any atom is 0.252 e. The molecule has 1 saturated heterocycles. The molecule has 4 rings (SSSR count). The number of aryl methyl sites for hydroxylation is 2. The first-order valence-electron chi connectivity index (χ1n) is 11.6. The number of piperazine rings is 1. The molecule has 1 aliphatic heterocycles. The van der Waals surface area contributed by atoms with Gasteiger partial charge in [0, 0.05) is 56.2 Å². The lowest BCUT2D eigenvalue weighted by Gasteiger charge is -2.36. The van der Waals surface area contributed by atoms with Crippen LogP contribution in [-0.2, 0) is 11.2 Å². The zero-order valence-corrected chi connectivity index (χ0v) is 19.1. The van der Waals surface area contributed by atoms with Crippen molar-refractivity contribution in [2.75, 3.05) is 44.2 Å². The Morgan fingerprint density at radius 1 is 1.06 bits per heavy atom. The smallest absolute Gasteiger partial charge is 0.252 e. The summed E-state index contributed by atoms with van der Waals surface area (Å²) in [7, 11) is 0. The van der Waals surface area contributed by atoms with Crippen LogP contribution in [0.3, 0.4) is 0 Å². The lowest BCUT2D eigenvalue weighted by molar-refractivity contribution is -0.121. The lowest BCUT2D eigenvalue weighted by atomic mass is 10.1. The van der Waals surface area contributed by atoms with Crippen molar-refractivity contribution in [3.8, 4) is 0 Å². The monoisotopic (exact) mass is 435 g/mol. The number of nitrogens with one attached hydrogen (secondary N) is 1. The Balaban J connectivity index is 1.11. The van der Waals surface area contributed by atoms with Crippen molar-refractivity contribution in [3.63, 3.8) is 0 Å². The maximum absolute atomic E-state index is 12.3. The summed E-state index contributed by atoms with van der Waals surface area (Å²) in [5.74, 6) is 0.702. The zero-order chi connectivity index (χ0) is 22.3. The number of aromatic nitrogens is 4. The van der Waals surface area contributed by atoms with Gasteiger partial charge in [-0.1, -0.05) is 18.2 Å². The van der Waals surface area contributed by atoms with Crippen LogP contribution >= 0.6 is 0 Å². The average molecular weight is 436 g/mol. The highest BCUT2D eigenvalue weighted by molar-refractivity contribution is 5.76. The predicted molar refractivity (Wildman–Crippen MR) is 126 cm³/mol. The van der Waals surface area contributed by atoms with Crippen molar-refractivity contribution in [1.29, 1.82) is 0 Å². The van der Waals surface area contributed by atoms with Gasteiger partial charge in [0.25, 0.3) is 5.78 Å². The molecule has 0 radical (unpaired) electrons. The van der Waals surface area contributed by atoms with Gasteiger partial charge < -0.3 is 10.2 Å². The Kier molecular flexibility index (Phi) is 7.32. The Hall–Kier alpha value is -3.00. The van der Waals surface area contributed by atoms with E-state index in [1.165, 1.54) is 12.0 Å². The number of hydrogen-bond donors (Lipinski definition) is 1. The van der Waals surface area contributed by atoms with Crippen LogP contribution in [0.15, 0.2) is 36.7 Å². The minimum Gasteiger partial charge on any atom is -0.369 e. The second kappa shape index (κ2) is 10.5. The molecule has 0 bridgehead atoms. The van der Waals surface area contributed by atoms with Gasteiger partial charge in [-0.2, -0.15) is 10.1 Å². The number of para-hydroxylation sites is 1. The summed E-state index contributed by atoms with van der Waals surface area (Å²) >= 11 is 0. The van der Waals surface area contributed by atoms with E-state index in [4.69, 9.17) is 0 Å². The molecule has 8 heteroatoms. The number of carbonyl (C=O) groups is 1. The highest BCUT2D eigenvalue weighted by atomic mass is 16.1. The van der Waals surface area contributed by atoms with E-state index in [1.54, 1.807) is 4.52 Å². The molecule has 1 N–H and O–H groups in total. The van der Waals surface area contributed by atoms with Crippen LogP contribution in [0, 0.1) is 13.8 Å². The predicted octanol–water partition coefficient (Wildman–Crippen LogP) is 2.39. The van der Waals surface area contributed by atoms with Crippen LogP contribution in [0.1, 0.15) is 36.2 Å². The van der Waals surface area contributed by atoms with Crippen LogP contribution in [0.25, 0.3) is 5.78 Å². The number of fused-ring (bicyclic) bond motifs is 1. The average Bonchev–Trinajstić information content (AvgIpc) is 3.28. The van der Waals surface area contributed by atoms with E-state index in [0.29, 0.717) is 18.6 Å². The first kappa shape index (κ1) is 22.2. The van der Waals surface area contributed by atoms with Gasteiger partial charge in [0.1, 0.15) is 6.33 Å². The molecule has 0 spiro atoms. The van der Waals surface area contributed by atoms with Gasteiger partial charge in [0.15, 0.2) is 0 Å². The number of amides is 1. The number of anilines is 1. The molecule has 0 atom stereocenters. The Morgan fingerprint density at radius 3 is 2.62 bits per heavy atom. The Labute approximate surface area is 189 Å². The van der Waals surface area contributed by atoms with E-state index < -0.39 is 0 Å². The van der Waals surface area contributed by atoms with Crippen molar-refractivity contribution in [2.24, 2.45) is 0 Å². The molecule has 1 fully saturated rings. The normalized spacial score (nSPS) is 14.8. The first-order chi connectivity index (χ1) is 15.6. The quantitative estimate of drug-likeness (QED) is 0.520. The topological polar surface area (TPSA) is 78.7 Å². The molecular formula is C24H33N7O. The molecule has 0 saturated carbocycles. The minimum absolute atomic E-state index is 0.0963. The van der Waals surface area contributed by atoms with Crippen LogP contribution in [0.2, 0.25) is 0 Å². The molecule has 32 heavy (non-hydrogen) atoms. The van der Waals surface area contributed by atoms with E-state index >= 15 is 0 Å². The minimum atomic E-state index is 0.0963. The molecule has 0 aliphatic carbocycles. The van der Waals surface area contributed by atoms with Gasteiger partial charge >= 0.3 is 0 Å². The third-order valence-electron chi connectivity index (χ3n) is 6.31. The summed E-state index contributed by atoms with van der Waals surface area (Å²) in [6.45, 7) is 10.2. The summed E-state index contributed by atoms with van der Waals surface area (Å²) < 4.78 is 1.74. The highest BCUT2D eigenvalue weighted by Gasteiger charge is 2.16. The van der Waals surface area contributed by atoms with Crippen LogP contribution in [-0.4, -0.2) is 69.7 Å². The number of carbonyl (C=O) groups excluding carboxylic acids is 1. The van der Waals surface area contributed by atoms with Crippen molar-refractivity contribution in [2.45, 2.75) is 39.5 Å². The Morgan fingerprint density at radius 2 is 1.84 bits per heavy atom. The van der Waals surface area contributed by atoms with Crippen molar-refractivity contribution in [1.82, 2.24) is 29.8 Å². The van der Waals surface area contributed by atoms with E-state index in [-0.39, 0.29) is 5.91 Å². The van der Waals surface area contributed by atoms with Crippen LogP contribution in [0.4, 0.5) is 5.69 Å². The van der Waals surface area contributed by atoms with E-state index in [9.17, 15) is 4.79 Å². The largest absolute Gasteiger partial charge is 0.369 e. The van der Waals surface area contributed by atoms with E-state index in [1.807, 2.05) is 13.8 Å². The highest BCUT2D eigenvalue weighted by Crippen LogP contribution is 2.16. The molecule has 3 aromatic rings. The summed E-state index contributed by atoms with van der Waals surface area (Å²) in [5, 5.41) is 7.28. The second-order valence-corrected chi connectivity index (χ2v) is 8.45. The molecule has 1 aromatic carbocycles. The fourth-order valence-electron chi connectivity index (χ4n) is 4.40. The van der Waals surface area contributed by atoms with Crippen molar-refractivity contribution < 1.29 is 4.79 Å². The summed E-state index contributed by atoms with van der Waals surface area (Å²) in [5.41, 5.74) is 4.32. The van der Waals surface area contributed by atoms with Gasteiger partial charge in [0.05, 0.1) is 0 Å². The standard InChI is InChI=1S/C24H33N7O/c1-19-22(20(2)31-24(28-19)26-18-27-31)10-11-23(32)25-12-6-7-13-29-14-16-30(17-15-29)21-8-4-3-5-9-21/h3-5,8-9,18H,6-7,10-17H2,1-2H3,(H,25,32). The molecule has 8 nitrogen and oxygen atoms in total. The molecular weight excluding hydrogens is 402 g/mol. The van der Waals surface area contributed by atoms with E-state index in [2.05, 4.69) is 60.5 Å². The molecule has 3 heterocycles. The number of nitrogens with zero attached hydrogens (tertiary/aromatic N) is 6. The van der Waals surface area contributed by atoms with Gasteiger partial charge in [-0.15, -0.1) is 0 Å². The van der Waals surface area contributed by atoms with E-state index in [0.717, 1.165) is 69.1 Å². The molecule has 2 aromatic heterocycles. The lowest BCUT2D eigenvalue weighted by Crippen LogP contribution is -2.46. The maximum atomic E-state index is 12.3. The first-order valence-corrected chi connectivity index (χ1v) is 11.6. The summed E-state index contributed by atoms with van der Waals surface area (Å²) in [4.78, 5) is 25.9. The number of unbranched alkanes of at least 4 members (excludes halogenated alkanes) is 1. The number of hydrogen-bond acceptors (Lipinski definition) is 6. The van der Waals surface area contributed by atoms with Gasteiger partial charge in [0.2, 0.25) is 5.91 Å². The van der Waals surface area contributed by atoms with Crippen molar-refractivity contribution in [3.05, 3.63) is 53.6 Å². The van der Waals surface area contributed by atoms with Crippen LogP contribution in [0.5, 0.6) is 0 Å². The number of rotatable bonds is 9. The third kappa shape index (κ3) is 5.43. The van der Waals surface area contributed by atoms with Gasteiger partial charge in [-0.25, -0.2) is 9.50 Å². The fraction of sp³-hybridized carbons (Fsp3) is 0.500. The van der Waals surface area contributed by atoms with Gasteiger partial charge in [-0.3, -0.25) is 9.69 Å². The molecule has 1 amide bonds. The summed E-state index contributed by atoms with van der Waals surface area (Å²) in [6.07, 6.45) is 4.75. The van der Waals surface area contributed by atoms with Gasteiger partial charge in [-0.05, 0) is 57.4 Å².